The van der Waals surface area contributed by atoms with Crippen LogP contribution in [0.5, 0.6) is 0 Å². The molecule has 17 heavy (non-hydrogen) atoms. The van der Waals surface area contributed by atoms with Gasteiger partial charge >= 0.3 is 0 Å². The second-order valence-corrected chi connectivity index (χ2v) is 3.88. The molecule has 1 unspecified atom stereocenters. The third-order valence-electron chi connectivity index (χ3n) is 2.71. The normalized spacial score (nSPS) is 13.5. The second kappa shape index (κ2) is 5.86. The third kappa shape index (κ3) is 2.94. The minimum atomic E-state index is -0.425. The van der Waals surface area contributed by atoms with E-state index in [2.05, 4.69) is 0 Å². The van der Waals surface area contributed by atoms with E-state index in [0.29, 0.717) is 12.0 Å². The Kier molecular flexibility index (Phi) is 4.47. The summed E-state index contributed by atoms with van der Waals surface area (Å²) in [5, 5.41) is 18.8. The van der Waals surface area contributed by atoms with E-state index in [1.54, 1.807) is 43.3 Å². The molecule has 3 nitrogen and oxygen atoms in total. The summed E-state index contributed by atoms with van der Waals surface area (Å²) in [5.74, 6) is -0.730. The molecule has 0 spiro atoms. The quantitative estimate of drug-likeness (QED) is 0.373. The standard InChI is InChI=1S/C14H15NO2/c1-3-10(2)13(16)12(9-15)14(17)11-7-5-4-6-8-11/h4-8,10,16H,3H2,1-2H3. The number of rotatable bonds is 4. The third-order valence-corrected chi connectivity index (χ3v) is 2.71. The Morgan fingerprint density at radius 3 is 2.47 bits per heavy atom. The van der Waals surface area contributed by atoms with E-state index in [0.717, 1.165) is 0 Å². The fourth-order valence-corrected chi connectivity index (χ4v) is 1.40. The predicted molar refractivity (Wildman–Crippen MR) is 65.5 cm³/mol. The van der Waals surface area contributed by atoms with Crippen LogP contribution in [0.3, 0.4) is 0 Å². The van der Waals surface area contributed by atoms with Crippen LogP contribution in [-0.4, -0.2) is 10.9 Å². The lowest BCUT2D eigenvalue weighted by atomic mass is 9.97. The summed E-state index contributed by atoms with van der Waals surface area (Å²) >= 11 is 0. The van der Waals surface area contributed by atoms with Gasteiger partial charge in [0.05, 0.1) is 0 Å². The number of nitrogens with zero attached hydrogens (tertiary/aromatic N) is 1. The summed E-state index contributed by atoms with van der Waals surface area (Å²) in [6.45, 7) is 3.67. The van der Waals surface area contributed by atoms with Crippen molar-refractivity contribution < 1.29 is 9.90 Å². The van der Waals surface area contributed by atoms with Crippen LogP contribution in [0, 0.1) is 17.2 Å². The maximum absolute atomic E-state index is 12.0. The lowest BCUT2D eigenvalue weighted by Gasteiger charge is -2.09. The van der Waals surface area contributed by atoms with E-state index in [9.17, 15) is 9.90 Å². The topological polar surface area (TPSA) is 61.1 Å². The highest BCUT2D eigenvalue weighted by atomic mass is 16.3. The van der Waals surface area contributed by atoms with E-state index in [-0.39, 0.29) is 17.3 Å². The Labute approximate surface area is 101 Å². The predicted octanol–water partition coefficient (Wildman–Crippen LogP) is 3.25. The number of Topliss-reactive ketones (excluding diaryl/α,β-unsaturated/α-hetero) is 1. The molecule has 88 valence electrons. The number of nitriles is 1. The fraction of sp³-hybridized carbons (Fsp3) is 0.286. The number of allylic oxidation sites excluding steroid dienone is 2. The van der Waals surface area contributed by atoms with Gasteiger partial charge in [0.1, 0.15) is 17.4 Å². The first-order valence-electron chi connectivity index (χ1n) is 5.54. The lowest BCUT2D eigenvalue weighted by molar-refractivity contribution is 0.103. The maximum Gasteiger partial charge on any atom is 0.206 e. The Hall–Kier alpha value is -2.08. The summed E-state index contributed by atoms with van der Waals surface area (Å²) in [6, 6.07) is 10.3. The van der Waals surface area contributed by atoms with Gasteiger partial charge in [-0.25, -0.2) is 0 Å². The molecule has 0 aliphatic heterocycles. The van der Waals surface area contributed by atoms with Gasteiger partial charge in [0.25, 0.3) is 0 Å². The number of hydrogen-bond acceptors (Lipinski definition) is 3. The number of aliphatic hydroxyl groups excluding tert-OH is 1. The average molecular weight is 229 g/mol. The molecule has 0 aliphatic carbocycles. The molecule has 0 saturated carbocycles. The number of hydrogen-bond donors (Lipinski definition) is 1. The first kappa shape index (κ1) is 13.0. The van der Waals surface area contributed by atoms with Gasteiger partial charge in [-0.2, -0.15) is 5.26 Å². The highest BCUT2D eigenvalue weighted by Gasteiger charge is 2.19. The van der Waals surface area contributed by atoms with Gasteiger partial charge in [0, 0.05) is 11.5 Å². The van der Waals surface area contributed by atoms with Crippen LogP contribution in [0.2, 0.25) is 0 Å². The van der Waals surface area contributed by atoms with Crippen molar-refractivity contribution in [3.8, 4) is 6.07 Å². The van der Waals surface area contributed by atoms with Crippen LogP contribution in [-0.2, 0) is 0 Å². The number of ketones is 1. The molecule has 1 atom stereocenters. The van der Waals surface area contributed by atoms with Gasteiger partial charge in [0.2, 0.25) is 5.78 Å². The van der Waals surface area contributed by atoms with Gasteiger partial charge in [-0.3, -0.25) is 4.79 Å². The molecule has 0 fully saturated rings. The maximum atomic E-state index is 12.0. The van der Waals surface area contributed by atoms with Gasteiger partial charge in [-0.15, -0.1) is 0 Å². The van der Waals surface area contributed by atoms with Crippen molar-refractivity contribution in [2.75, 3.05) is 0 Å². The molecule has 0 aromatic heterocycles. The molecule has 0 saturated heterocycles. The average Bonchev–Trinajstić information content (AvgIpc) is 2.39. The monoisotopic (exact) mass is 229 g/mol. The minimum absolute atomic E-state index is 0.121. The molecule has 1 aromatic rings. The number of benzene rings is 1. The molecular formula is C14H15NO2. The van der Waals surface area contributed by atoms with Crippen LogP contribution < -0.4 is 0 Å². The minimum Gasteiger partial charge on any atom is -0.511 e. The van der Waals surface area contributed by atoms with Crippen LogP contribution >= 0.6 is 0 Å². The molecule has 3 heteroatoms. The van der Waals surface area contributed by atoms with Gasteiger partial charge in [0.15, 0.2) is 0 Å². The highest BCUT2D eigenvalue weighted by molar-refractivity contribution is 6.11. The summed E-state index contributed by atoms with van der Waals surface area (Å²) in [7, 11) is 0. The van der Waals surface area contributed by atoms with Crippen molar-refractivity contribution >= 4 is 5.78 Å². The van der Waals surface area contributed by atoms with Crippen LogP contribution in [0.25, 0.3) is 0 Å². The Bertz CT molecular complexity index is 469. The molecular weight excluding hydrogens is 214 g/mol. The van der Waals surface area contributed by atoms with Crippen molar-refractivity contribution in [3.63, 3.8) is 0 Å². The zero-order chi connectivity index (χ0) is 12.8. The zero-order valence-corrected chi connectivity index (χ0v) is 9.97. The molecule has 0 amide bonds. The van der Waals surface area contributed by atoms with Crippen LogP contribution in [0.4, 0.5) is 0 Å². The summed E-state index contributed by atoms with van der Waals surface area (Å²) in [4.78, 5) is 12.0. The molecule has 0 heterocycles. The van der Waals surface area contributed by atoms with E-state index in [1.807, 2.05) is 6.92 Å². The van der Waals surface area contributed by atoms with Crippen LogP contribution in [0.15, 0.2) is 41.7 Å². The van der Waals surface area contributed by atoms with Crippen molar-refractivity contribution in [2.45, 2.75) is 20.3 Å². The molecule has 0 aliphatic rings. The summed E-state index contributed by atoms with van der Waals surface area (Å²) < 4.78 is 0. The Morgan fingerprint density at radius 1 is 1.41 bits per heavy atom. The van der Waals surface area contributed by atoms with E-state index < -0.39 is 5.78 Å². The fourth-order valence-electron chi connectivity index (χ4n) is 1.40. The lowest BCUT2D eigenvalue weighted by Crippen LogP contribution is -2.09. The first-order chi connectivity index (χ1) is 8.11. The number of carbonyl (C=O) groups is 1. The largest absolute Gasteiger partial charge is 0.511 e. The van der Waals surface area contributed by atoms with Gasteiger partial charge in [-0.1, -0.05) is 44.2 Å². The van der Waals surface area contributed by atoms with Crippen molar-refractivity contribution in [3.05, 3.63) is 47.2 Å². The van der Waals surface area contributed by atoms with E-state index in [4.69, 9.17) is 5.26 Å². The van der Waals surface area contributed by atoms with Gasteiger partial charge < -0.3 is 5.11 Å². The zero-order valence-electron chi connectivity index (χ0n) is 9.97. The van der Waals surface area contributed by atoms with E-state index in [1.165, 1.54) is 0 Å². The SMILES string of the molecule is CCC(C)C(O)=C(C#N)C(=O)c1ccccc1. The summed E-state index contributed by atoms with van der Waals surface area (Å²) in [6.07, 6.45) is 0.680. The Morgan fingerprint density at radius 2 is 2.00 bits per heavy atom. The molecule has 0 bridgehead atoms. The first-order valence-corrected chi connectivity index (χ1v) is 5.54. The molecule has 1 N–H and O–H groups in total. The number of aliphatic hydroxyl groups is 1. The highest BCUT2D eigenvalue weighted by Crippen LogP contribution is 2.18. The molecule has 0 radical (unpaired) electrons. The smallest absolute Gasteiger partial charge is 0.206 e. The second-order valence-electron chi connectivity index (χ2n) is 3.88. The summed E-state index contributed by atoms with van der Waals surface area (Å²) in [5.41, 5.74) is 0.254. The van der Waals surface area contributed by atoms with Crippen molar-refractivity contribution in [1.82, 2.24) is 0 Å². The van der Waals surface area contributed by atoms with Gasteiger partial charge in [-0.05, 0) is 6.42 Å². The number of carbonyl (C=O) groups excluding carboxylic acids is 1. The van der Waals surface area contributed by atoms with E-state index >= 15 is 0 Å². The molecule has 1 aromatic carbocycles. The molecule has 1 rings (SSSR count). The van der Waals surface area contributed by atoms with Crippen molar-refractivity contribution in [2.24, 2.45) is 5.92 Å². The van der Waals surface area contributed by atoms with Crippen LogP contribution in [0.1, 0.15) is 30.6 Å². The van der Waals surface area contributed by atoms with Crippen molar-refractivity contribution in [1.29, 1.82) is 5.26 Å². The Balaban J connectivity index is 3.14.